The van der Waals surface area contributed by atoms with Gasteiger partial charge in [0.05, 0.1) is 18.6 Å². The van der Waals surface area contributed by atoms with E-state index >= 15 is 0 Å². The van der Waals surface area contributed by atoms with E-state index in [0.717, 1.165) is 24.8 Å². The molecule has 0 radical (unpaired) electrons. The Morgan fingerprint density at radius 3 is 2.62 bits per heavy atom. The largest absolute Gasteiger partial charge is 0.369 e. The molecule has 8 heteroatoms. The van der Waals surface area contributed by atoms with Gasteiger partial charge in [0, 0.05) is 37.1 Å². The van der Waals surface area contributed by atoms with Crippen LogP contribution in [-0.2, 0) is 0 Å². The second-order valence-electron chi connectivity index (χ2n) is 7.48. The summed E-state index contributed by atoms with van der Waals surface area (Å²) in [6, 6.07) is 11.3. The van der Waals surface area contributed by atoms with Gasteiger partial charge in [0.2, 0.25) is 0 Å². The fraction of sp³-hybridized carbons (Fsp3) is 0.333. The number of aromatic nitrogens is 4. The molecular formula is C21H22N8. The van der Waals surface area contributed by atoms with Crippen molar-refractivity contribution in [3.05, 3.63) is 54.9 Å². The van der Waals surface area contributed by atoms with E-state index in [1.54, 1.807) is 6.33 Å². The number of anilines is 3. The number of piperazine rings is 1. The molecule has 4 heterocycles. The Morgan fingerprint density at radius 2 is 1.83 bits per heavy atom. The number of fused-ring (bicyclic) bond motifs is 1. The molecule has 0 aliphatic carbocycles. The molecule has 1 aromatic carbocycles. The van der Waals surface area contributed by atoms with Crippen LogP contribution >= 0.6 is 0 Å². The number of nitriles is 1. The van der Waals surface area contributed by atoms with Crippen molar-refractivity contribution in [1.29, 1.82) is 5.26 Å². The number of nitrogens with zero attached hydrogens (tertiary/aromatic N) is 7. The fourth-order valence-corrected chi connectivity index (χ4v) is 4.17. The summed E-state index contributed by atoms with van der Waals surface area (Å²) in [4.78, 5) is 17.7. The van der Waals surface area contributed by atoms with Gasteiger partial charge in [-0.2, -0.15) is 5.26 Å². The quantitative estimate of drug-likeness (QED) is 0.737. The molecule has 1 N–H and O–H groups in total. The molecule has 2 aliphatic heterocycles. The lowest BCUT2D eigenvalue weighted by molar-refractivity contribution is 0.231. The van der Waals surface area contributed by atoms with Crippen LogP contribution in [-0.4, -0.2) is 56.6 Å². The second kappa shape index (κ2) is 7.53. The molecule has 1 atom stereocenters. The van der Waals surface area contributed by atoms with E-state index in [9.17, 15) is 0 Å². The molecule has 146 valence electrons. The molecular weight excluding hydrogens is 364 g/mol. The highest BCUT2D eigenvalue weighted by atomic mass is 15.3. The Balaban J connectivity index is 1.26. The second-order valence-corrected chi connectivity index (χ2v) is 7.48. The summed E-state index contributed by atoms with van der Waals surface area (Å²) in [5.41, 5.74) is 2.63. The van der Waals surface area contributed by atoms with Crippen molar-refractivity contribution in [2.24, 2.45) is 0 Å². The third-order valence-corrected chi connectivity index (χ3v) is 5.71. The predicted octanol–water partition coefficient (Wildman–Crippen LogP) is 2.56. The van der Waals surface area contributed by atoms with Gasteiger partial charge >= 0.3 is 0 Å². The topological polar surface area (TPSA) is 85.9 Å². The van der Waals surface area contributed by atoms with Crippen LogP contribution in [0.1, 0.15) is 18.5 Å². The maximum atomic E-state index is 8.80. The zero-order valence-electron chi connectivity index (χ0n) is 16.1. The summed E-state index contributed by atoms with van der Waals surface area (Å²) in [6.45, 7) is 4.66. The maximum Gasteiger partial charge on any atom is 0.158 e. The van der Waals surface area contributed by atoms with E-state index in [4.69, 9.17) is 5.26 Å². The lowest BCUT2D eigenvalue weighted by Gasteiger charge is -2.38. The van der Waals surface area contributed by atoms with E-state index < -0.39 is 0 Å². The highest BCUT2D eigenvalue weighted by molar-refractivity contribution is 5.54. The van der Waals surface area contributed by atoms with E-state index in [2.05, 4.69) is 54.3 Å². The van der Waals surface area contributed by atoms with Crippen LogP contribution in [0.25, 0.3) is 5.69 Å². The van der Waals surface area contributed by atoms with E-state index in [1.807, 2.05) is 16.8 Å². The number of nitrogens with one attached hydrogen (secondary N) is 1. The van der Waals surface area contributed by atoms with Gasteiger partial charge < -0.3 is 14.8 Å². The lowest BCUT2D eigenvalue weighted by Crippen LogP contribution is -2.50. The highest BCUT2D eigenvalue weighted by Crippen LogP contribution is 2.26. The SMILES string of the molecule is N#Cc1cnc(Nc2cn(-c3ccc(N4CCN5CCCC5C4)cc3)cn2)cn1. The van der Waals surface area contributed by atoms with Crippen molar-refractivity contribution in [2.75, 3.05) is 36.4 Å². The van der Waals surface area contributed by atoms with Gasteiger partial charge in [-0.15, -0.1) is 0 Å². The normalized spacial score (nSPS) is 19.0. The zero-order chi connectivity index (χ0) is 19.6. The molecule has 2 fully saturated rings. The molecule has 0 saturated carbocycles. The Morgan fingerprint density at radius 1 is 0.966 bits per heavy atom. The van der Waals surface area contributed by atoms with Crippen molar-refractivity contribution < 1.29 is 0 Å². The molecule has 1 unspecified atom stereocenters. The Labute approximate surface area is 169 Å². The first-order valence-corrected chi connectivity index (χ1v) is 9.91. The average molecular weight is 386 g/mol. The molecule has 8 nitrogen and oxygen atoms in total. The number of imidazole rings is 1. The van der Waals surface area contributed by atoms with Crippen LogP contribution in [0.5, 0.6) is 0 Å². The van der Waals surface area contributed by atoms with Gasteiger partial charge in [0.1, 0.15) is 24.0 Å². The van der Waals surface area contributed by atoms with Gasteiger partial charge in [-0.25, -0.2) is 15.0 Å². The Bertz CT molecular complexity index is 1020. The summed E-state index contributed by atoms with van der Waals surface area (Å²) in [5, 5.41) is 11.9. The van der Waals surface area contributed by atoms with Gasteiger partial charge in [0.15, 0.2) is 5.69 Å². The van der Waals surface area contributed by atoms with Gasteiger partial charge in [-0.1, -0.05) is 0 Å². The van der Waals surface area contributed by atoms with Crippen LogP contribution in [0.15, 0.2) is 49.2 Å². The Kier molecular flexibility index (Phi) is 4.58. The first-order chi connectivity index (χ1) is 14.3. The highest BCUT2D eigenvalue weighted by Gasteiger charge is 2.30. The van der Waals surface area contributed by atoms with Crippen LogP contribution in [0, 0.1) is 11.3 Å². The molecule has 29 heavy (non-hydrogen) atoms. The number of hydrogen-bond acceptors (Lipinski definition) is 7. The Hall–Kier alpha value is -3.44. The maximum absolute atomic E-state index is 8.80. The summed E-state index contributed by atoms with van der Waals surface area (Å²) in [7, 11) is 0. The van der Waals surface area contributed by atoms with E-state index in [-0.39, 0.29) is 5.69 Å². The monoisotopic (exact) mass is 386 g/mol. The molecule has 0 bridgehead atoms. The molecule has 3 aromatic rings. The summed E-state index contributed by atoms with van der Waals surface area (Å²) in [5.74, 6) is 1.22. The standard InChI is InChI=1S/C21H22N8/c22-10-16-11-24-20(12-23-16)26-21-14-29(15-25-21)18-5-3-17(4-6-18)28-9-8-27-7-1-2-19(27)13-28/h3-6,11-12,14-15,19H,1-2,7-9,13H2,(H,24,26). The van der Waals surface area contributed by atoms with Crippen molar-refractivity contribution >= 4 is 17.3 Å². The minimum atomic E-state index is 0.288. The van der Waals surface area contributed by atoms with Crippen molar-refractivity contribution in [2.45, 2.75) is 18.9 Å². The molecule has 2 aliphatic rings. The third-order valence-electron chi connectivity index (χ3n) is 5.71. The van der Waals surface area contributed by atoms with Crippen molar-refractivity contribution in [3.8, 4) is 11.8 Å². The van der Waals surface area contributed by atoms with Crippen molar-refractivity contribution in [3.63, 3.8) is 0 Å². The summed E-state index contributed by atoms with van der Waals surface area (Å²) >= 11 is 0. The van der Waals surface area contributed by atoms with E-state index in [0.29, 0.717) is 11.6 Å². The minimum Gasteiger partial charge on any atom is -0.369 e. The summed E-state index contributed by atoms with van der Waals surface area (Å²) < 4.78 is 1.97. The third kappa shape index (κ3) is 3.65. The number of benzene rings is 1. The zero-order valence-corrected chi connectivity index (χ0v) is 16.1. The van der Waals surface area contributed by atoms with E-state index in [1.165, 1.54) is 44.0 Å². The first-order valence-electron chi connectivity index (χ1n) is 9.91. The van der Waals surface area contributed by atoms with Crippen LogP contribution in [0.2, 0.25) is 0 Å². The average Bonchev–Trinajstić information content (AvgIpc) is 3.43. The number of hydrogen-bond donors (Lipinski definition) is 1. The molecule has 0 amide bonds. The van der Waals surface area contributed by atoms with Crippen LogP contribution in [0.4, 0.5) is 17.3 Å². The molecule has 2 aromatic heterocycles. The minimum absolute atomic E-state index is 0.288. The molecule has 2 saturated heterocycles. The van der Waals surface area contributed by atoms with Crippen LogP contribution < -0.4 is 10.2 Å². The summed E-state index contributed by atoms with van der Waals surface area (Å²) in [6.07, 6.45) is 9.29. The van der Waals surface area contributed by atoms with Crippen molar-refractivity contribution in [1.82, 2.24) is 24.4 Å². The van der Waals surface area contributed by atoms with Gasteiger partial charge in [-0.05, 0) is 43.7 Å². The first kappa shape index (κ1) is 17.6. The number of rotatable bonds is 4. The van der Waals surface area contributed by atoms with Gasteiger partial charge in [-0.3, -0.25) is 4.90 Å². The predicted molar refractivity (Wildman–Crippen MR) is 110 cm³/mol. The molecule has 5 rings (SSSR count). The lowest BCUT2D eigenvalue weighted by atomic mass is 10.1. The molecule has 0 spiro atoms. The van der Waals surface area contributed by atoms with Gasteiger partial charge in [0.25, 0.3) is 0 Å². The van der Waals surface area contributed by atoms with Crippen LogP contribution in [0.3, 0.4) is 0 Å². The fourth-order valence-electron chi connectivity index (χ4n) is 4.17. The smallest absolute Gasteiger partial charge is 0.158 e.